The Morgan fingerprint density at radius 2 is 1.48 bits per heavy atom. The highest BCUT2D eigenvalue weighted by molar-refractivity contribution is 6.00. The first-order chi connectivity index (χ1) is 10.7. The number of hydrogen-bond acceptors (Lipinski definition) is 4. The Labute approximate surface area is 132 Å². The molecule has 1 rings (SSSR count). The number of carbonyl (C=O) groups is 2. The summed E-state index contributed by atoms with van der Waals surface area (Å²) in [4.78, 5) is 24.3. The molecule has 7 heteroatoms. The molecule has 0 aliphatic heterocycles. The standard InChI is InChI=1S/C16H19F3O4/c1-4-22-13(20)15(3,14(21)23-5-2)10-11-8-6-7-9-12(11)16(17,18)19/h6-9H,4-5,10H2,1-3H3. The number of carbonyl (C=O) groups excluding carboxylic acids is 2. The lowest BCUT2D eigenvalue weighted by atomic mass is 9.82. The predicted octanol–water partition coefficient (Wildman–Crippen LogP) is 3.38. The third kappa shape index (κ3) is 4.46. The van der Waals surface area contributed by atoms with E-state index in [1.165, 1.54) is 25.1 Å². The van der Waals surface area contributed by atoms with Crippen molar-refractivity contribution in [3.05, 3.63) is 35.4 Å². The summed E-state index contributed by atoms with van der Waals surface area (Å²) in [7, 11) is 0. The second-order valence-electron chi connectivity index (χ2n) is 5.10. The van der Waals surface area contributed by atoms with Gasteiger partial charge in [0.15, 0.2) is 5.41 Å². The van der Waals surface area contributed by atoms with Crippen LogP contribution in [0, 0.1) is 5.41 Å². The predicted molar refractivity (Wildman–Crippen MR) is 76.5 cm³/mol. The summed E-state index contributed by atoms with van der Waals surface area (Å²) < 4.78 is 49.0. The summed E-state index contributed by atoms with van der Waals surface area (Å²) in [6.07, 6.45) is -5.04. The Kier molecular flexibility index (Phi) is 6.18. The number of esters is 2. The first-order valence-corrected chi connectivity index (χ1v) is 7.16. The molecule has 0 aliphatic rings. The highest BCUT2D eigenvalue weighted by atomic mass is 19.4. The van der Waals surface area contributed by atoms with Crippen molar-refractivity contribution in [2.45, 2.75) is 33.4 Å². The van der Waals surface area contributed by atoms with E-state index in [0.717, 1.165) is 6.07 Å². The van der Waals surface area contributed by atoms with E-state index in [4.69, 9.17) is 9.47 Å². The van der Waals surface area contributed by atoms with Crippen LogP contribution < -0.4 is 0 Å². The molecule has 0 amide bonds. The SMILES string of the molecule is CCOC(=O)C(C)(Cc1ccccc1C(F)(F)F)C(=O)OCC. The van der Waals surface area contributed by atoms with Gasteiger partial charge in [-0.3, -0.25) is 9.59 Å². The first kappa shape index (κ1) is 19.0. The van der Waals surface area contributed by atoms with Crippen molar-refractivity contribution >= 4 is 11.9 Å². The Morgan fingerprint density at radius 1 is 1.00 bits per heavy atom. The number of halogens is 3. The maximum atomic E-state index is 13.1. The van der Waals surface area contributed by atoms with Crippen molar-refractivity contribution in [3.63, 3.8) is 0 Å². The fourth-order valence-corrected chi connectivity index (χ4v) is 2.14. The fourth-order valence-electron chi connectivity index (χ4n) is 2.14. The highest BCUT2D eigenvalue weighted by Crippen LogP contribution is 2.36. The van der Waals surface area contributed by atoms with E-state index in [1.54, 1.807) is 13.8 Å². The zero-order chi connectivity index (χ0) is 17.7. The summed E-state index contributed by atoms with van der Waals surface area (Å²) in [5.41, 5.74) is -2.89. The van der Waals surface area contributed by atoms with E-state index < -0.39 is 35.5 Å². The van der Waals surface area contributed by atoms with Gasteiger partial charge in [-0.15, -0.1) is 0 Å². The molecule has 0 bridgehead atoms. The molecule has 0 spiro atoms. The third-order valence-electron chi connectivity index (χ3n) is 3.32. The largest absolute Gasteiger partial charge is 0.465 e. The molecule has 0 heterocycles. The molecule has 0 saturated carbocycles. The van der Waals surface area contributed by atoms with E-state index in [0.29, 0.717) is 0 Å². The number of benzene rings is 1. The van der Waals surface area contributed by atoms with Crippen LogP contribution in [0.2, 0.25) is 0 Å². The molecule has 0 unspecified atom stereocenters. The van der Waals surface area contributed by atoms with Crippen LogP contribution in [0.1, 0.15) is 31.9 Å². The lowest BCUT2D eigenvalue weighted by Crippen LogP contribution is -2.41. The number of rotatable bonds is 6. The summed E-state index contributed by atoms with van der Waals surface area (Å²) in [6.45, 7) is 4.35. The van der Waals surface area contributed by atoms with E-state index in [9.17, 15) is 22.8 Å². The molecule has 0 aliphatic carbocycles. The maximum absolute atomic E-state index is 13.1. The zero-order valence-electron chi connectivity index (χ0n) is 13.2. The molecule has 128 valence electrons. The molecule has 0 fully saturated rings. The van der Waals surface area contributed by atoms with Crippen LogP contribution in [0.3, 0.4) is 0 Å². The normalized spacial score (nSPS) is 11.9. The monoisotopic (exact) mass is 332 g/mol. The van der Waals surface area contributed by atoms with Gasteiger partial charge >= 0.3 is 18.1 Å². The molecule has 23 heavy (non-hydrogen) atoms. The Morgan fingerprint density at radius 3 is 1.91 bits per heavy atom. The van der Waals surface area contributed by atoms with Crippen molar-refractivity contribution in [2.75, 3.05) is 13.2 Å². The summed E-state index contributed by atoms with van der Waals surface area (Å²) in [6, 6.07) is 4.81. The summed E-state index contributed by atoms with van der Waals surface area (Å²) in [5, 5.41) is 0. The minimum Gasteiger partial charge on any atom is -0.465 e. The van der Waals surface area contributed by atoms with Gasteiger partial charge in [0.2, 0.25) is 0 Å². The van der Waals surface area contributed by atoms with Gasteiger partial charge in [-0.25, -0.2) is 0 Å². The Bertz CT molecular complexity index is 549. The van der Waals surface area contributed by atoms with E-state index in [2.05, 4.69) is 0 Å². The Balaban J connectivity index is 3.27. The minimum absolute atomic E-state index is 0.00868. The van der Waals surface area contributed by atoms with Crippen LogP contribution in [0.25, 0.3) is 0 Å². The van der Waals surface area contributed by atoms with Crippen molar-refractivity contribution in [3.8, 4) is 0 Å². The van der Waals surface area contributed by atoms with Crippen molar-refractivity contribution < 1.29 is 32.2 Å². The van der Waals surface area contributed by atoms with Crippen molar-refractivity contribution in [2.24, 2.45) is 5.41 Å². The van der Waals surface area contributed by atoms with Crippen LogP contribution in [-0.2, 0) is 31.7 Å². The van der Waals surface area contributed by atoms with Crippen LogP contribution >= 0.6 is 0 Å². The van der Waals surface area contributed by atoms with Gasteiger partial charge in [0.05, 0.1) is 18.8 Å². The topological polar surface area (TPSA) is 52.6 Å². The summed E-state index contributed by atoms with van der Waals surface area (Å²) >= 11 is 0. The van der Waals surface area contributed by atoms with Gasteiger partial charge in [0.1, 0.15) is 0 Å². The first-order valence-electron chi connectivity index (χ1n) is 7.16. The average Bonchev–Trinajstić information content (AvgIpc) is 2.47. The maximum Gasteiger partial charge on any atom is 0.416 e. The molecular formula is C16H19F3O4. The quantitative estimate of drug-likeness (QED) is 0.592. The van der Waals surface area contributed by atoms with Crippen LogP contribution in [0.5, 0.6) is 0 Å². The summed E-state index contributed by atoms with van der Waals surface area (Å²) in [5.74, 6) is -1.81. The van der Waals surface area contributed by atoms with Crippen LogP contribution in [0.15, 0.2) is 24.3 Å². The molecule has 1 aromatic rings. The van der Waals surface area contributed by atoms with Gasteiger partial charge in [-0.05, 0) is 38.8 Å². The van der Waals surface area contributed by atoms with E-state index in [1.807, 2.05) is 0 Å². The molecule has 0 saturated heterocycles. The molecule has 0 N–H and O–H groups in total. The molecule has 1 aromatic carbocycles. The smallest absolute Gasteiger partial charge is 0.416 e. The van der Waals surface area contributed by atoms with Gasteiger partial charge < -0.3 is 9.47 Å². The molecule has 4 nitrogen and oxygen atoms in total. The number of hydrogen-bond donors (Lipinski definition) is 0. The zero-order valence-corrected chi connectivity index (χ0v) is 13.2. The second kappa shape index (κ2) is 7.48. The lowest BCUT2D eigenvalue weighted by Gasteiger charge is -2.26. The van der Waals surface area contributed by atoms with Gasteiger partial charge in [0.25, 0.3) is 0 Å². The van der Waals surface area contributed by atoms with Crippen molar-refractivity contribution in [1.29, 1.82) is 0 Å². The molecular weight excluding hydrogens is 313 g/mol. The minimum atomic E-state index is -4.58. The van der Waals surface area contributed by atoms with Crippen LogP contribution in [0.4, 0.5) is 13.2 Å². The molecule has 0 aromatic heterocycles. The molecule has 0 radical (unpaired) electrons. The second-order valence-corrected chi connectivity index (χ2v) is 5.10. The van der Waals surface area contributed by atoms with Gasteiger partial charge in [-0.1, -0.05) is 18.2 Å². The molecule has 0 atom stereocenters. The van der Waals surface area contributed by atoms with Gasteiger partial charge in [0, 0.05) is 0 Å². The van der Waals surface area contributed by atoms with E-state index in [-0.39, 0.29) is 18.8 Å². The van der Waals surface area contributed by atoms with Crippen LogP contribution in [-0.4, -0.2) is 25.2 Å². The number of ether oxygens (including phenoxy) is 2. The van der Waals surface area contributed by atoms with E-state index >= 15 is 0 Å². The lowest BCUT2D eigenvalue weighted by molar-refractivity contribution is -0.171. The highest BCUT2D eigenvalue weighted by Gasteiger charge is 2.46. The Hall–Kier alpha value is -2.05. The third-order valence-corrected chi connectivity index (χ3v) is 3.32. The average molecular weight is 332 g/mol. The van der Waals surface area contributed by atoms with Crippen molar-refractivity contribution in [1.82, 2.24) is 0 Å². The number of alkyl halides is 3. The fraction of sp³-hybridized carbons (Fsp3) is 0.500. The van der Waals surface area contributed by atoms with Gasteiger partial charge in [-0.2, -0.15) is 13.2 Å².